The summed E-state index contributed by atoms with van der Waals surface area (Å²) in [6, 6.07) is 10.1. The van der Waals surface area contributed by atoms with Gasteiger partial charge in [-0.25, -0.2) is 9.78 Å². The molecule has 1 aromatic carbocycles. The molecule has 2 heterocycles. The summed E-state index contributed by atoms with van der Waals surface area (Å²) in [7, 11) is 2.11. The average Bonchev–Trinajstić information content (AvgIpc) is 3.16. The highest BCUT2D eigenvalue weighted by Gasteiger charge is 2.34. The van der Waals surface area contributed by atoms with E-state index in [9.17, 15) is 18.0 Å². The third-order valence-electron chi connectivity index (χ3n) is 4.80. The third-order valence-corrected chi connectivity index (χ3v) is 5.56. The fraction of sp³-hybridized carbons (Fsp3) is 0.474. The van der Waals surface area contributed by atoms with E-state index in [1.54, 1.807) is 0 Å². The molecule has 1 unspecified atom stereocenters. The van der Waals surface area contributed by atoms with Crippen molar-refractivity contribution in [2.24, 2.45) is 0 Å². The quantitative estimate of drug-likeness (QED) is 0.691. The number of halogens is 3. The Morgan fingerprint density at radius 3 is 2.72 bits per heavy atom. The van der Waals surface area contributed by atoms with Crippen LogP contribution >= 0.6 is 11.3 Å². The lowest BCUT2D eigenvalue weighted by atomic mass is 10.0. The molecule has 0 aliphatic carbocycles. The summed E-state index contributed by atoms with van der Waals surface area (Å²) >= 11 is 0.749. The van der Waals surface area contributed by atoms with Gasteiger partial charge in [-0.3, -0.25) is 10.2 Å². The Morgan fingerprint density at radius 2 is 2.03 bits per heavy atom. The van der Waals surface area contributed by atoms with Gasteiger partial charge >= 0.3 is 12.2 Å². The number of amides is 2. The molecule has 0 saturated carbocycles. The van der Waals surface area contributed by atoms with Crippen LogP contribution in [0.4, 0.5) is 23.1 Å². The summed E-state index contributed by atoms with van der Waals surface area (Å²) in [5, 5.41) is 5.84. The molecule has 2 amide bonds. The van der Waals surface area contributed by atoms with Crippen molar-refractivity contribution in [3.63, 3.8) is 0 Å². The summed E-state index contributed by atoms with van der Waals surface area (Å²) in [5.74, 6) is 0. The topological polar surface area (TPSA) is 60.5 Å². The van der Waals surface area contributed by atoms with E-state index >= 15 is 0 Å². The van der Waals surface area contributed by atoms with Crippen molar-refractivity contribution in [3.8, 4) is 0 Å². The highest BCUT2D eigenvalue weighted by atomic mass is 32.1. The van der Waals surface area contributed by atoms with Crippen LogP contribution < -0.4 is 10.6 Å². The Bertz CT molecular complexity index is 799. The summed E-state index contributed by atoms with van der Waals surface area (Å²) in [6.45, 7) is 4.13. The van der Waals surface area contributed by atoms with Gasteiger partial charge in [0.1, 0.15) is 0 Å². The summed E-state index contributed by atoms with van der Waals surface area (Å²) in [5.41, 5.74) is 0.272. The number of benzene rings is 1. The first-order valence-electron chi connectivity index (χ1n) is 9.38. The molecule has 1 fully saturated rings. The molecule has 29 heavy (non-hydrogen) atoms. The normalized spacial score (nSPS) is 18.6. The maximum absolute atomic E-state index is 12.6. The predicted octanol–water partition coefficient (Wildman–Crippen LogP) is 3.66. The lowest BCUT2D eigenvalue weighted by Gasteiger charge is -2.40. The number of carbonyl (C=O) groups excluding carboxylic acids is 1. The van der Waals surface area contributed by atoms with Gasteiger partial charge in [0.05, 0.1) is 0 Å². The molecule has 1 aliphatic rings. The number of likely N-dealkylation sites (N-methyl/N-ethyl adjacent to an activating group) is 1. The molecule has 1 atom stereocenters. The maximum atomic E-state index is 12.6. The molecule has 0 bridgehead atoms. The van der Waals surface area contributed by atoms with E-state index in [0.29, 0.717) is 12.6 Å². The molecule has 0 spiro atoms. The number of carbonyl (C=O) groups is 1. The first-order chi connectivity index (χ1) is 13.8. The number of nitrogens with one attached hydrogen (secondary N) is 2. The van der Waals surface area contributed by atoms with Crippen molar-refractivity contribution in [3.05, 3.63) is 47.0 Å². The van der Waals surface area contributed by atoms with Crippen LogP contribution in [0.25, 0.3) is 0 Å². The van der Waals surface area contributed by atoms with Gasteiger partial charge in [0, 0.05) is 44.1 Å². The molecule has 6 nitrogen and oxygen atoms in total. The fourth-order valence-electron chi connectivity index (χ4n) is 3.30. The van der Waals surface area contributed by atoms with Crippen LogP contribution in [0.15, 0.2) is 35.7 Å². The highest BCUT2D eigenvalue weighted by Crippen LogP contribution is 2.31. The van der Waals surface area contributed by atoms with Crippen molar-refractivity contribution in [2.75, 3.05) is 45.1 Å². The number of alkyl halides is 3. The number of rotatable bonds is 6. The number of anilines is 1. The molecule has 2 N–H and O–H groups in total. The SMILES string of the molecule is CN1CCN(CCCNC(=O)Nc2nc(C(F)(F)F)cs2)C(c2ccccc2)C1. The monoisotopic (exact) mass is 427 g/mol. The van der Waals surface area contributed by atoms with E-state index in [4.69, 9.17) is 0 Å². The maximum Gasteiger partial charge on any atom is 0.434 e. The van der Waals surface area contributed by atoms with Gasteiger partial charge in [-0.15, -0.1) is 11.3 Å². The van der Waals surface area contributed by atoms with Gasteiger partial charge in [-0.1, -0.05) is 30.3 Å². The zero-order valence-corrected chi connectivity index (χ0v) is 16.9. The van der Waals surface area contributed by atoms with Crippen molar-refractivity contribution in [1.82, 2.24) is 20.1 Å². The van der Waals surface area contributed by atoms with Gasteiger partial charge in [0.15, 0.2) is 10.8 Å². The van der Waals surface area contributed by atoms with Gasteiger partial charge < -0.3 is 10.2 Å². The highest BCUT2D eigenvalue weighted by molar-refractivity contribution is 7.13. The molecular weight excluding hydrogens is 403 g/mol. The van der Waals surface area contributed by atoms with Gasteiger partial charge in [0.25, 0.3) is 0 Å². The van der Waals surface area contributed by atoms with E-state index in [1.807, 2.05) is 18.2 Å². The summed E-state index contributed by atoms with van der Waals surface area (Å²) in [4.78, 5) is 20.0. The molecule has 1 saturated heterocycles. The van der Waals surface area contributed by atoms with Gasteiger partial charge in [-0.2, -0.15) is 13.2 Å². The number of thiazole rings is 1. The van der Waals surface area contributed by atoms with Crippen molar-refractivity contribution < 1.29 is 18.0 Å². The molecule has 1 aliphatic heterocycles. The zero-order valence-electron chi connectivity index (χ0n) is 16.1. The number of hydrogen-bond acceptors (Lipinski definition) is 5. The van der Waals surface area contributed by atoms with E-state index in [0.717, 1.165) is 49.3 Å². The number of urea groups is 1. The number of hydrogen-bond donors (Lipinski definition) is 2. The van der Waals surface area contributed by atoms with Gasteiger partial charge in [-0.05, 0) is 19.0 Å². The van der Waals surface area contributed by atoms with Crippen LogP contribution in [0.3, 0.4) is 0 Å². The van der Waals surface area contributed by atoms with E-state index in [1.165, 1.54) is 5.56 Å². The standard InChI is InChI=1S/C19H24F3N5OS/c1-26-10-11-27(15(12-26)14-6-3-2-4-7-14)9-5-8-23-17(28)25-18-24-16(13-29-18)19(20,21)22/h2-4,6-7,13,15H,5,8-12H2,1H3,(H2,23,24,25,28). The first kappa shape index (κ1) is 21.5. The Morgan fingerprint density at radius 1 is 1.28 bits per heavy atom. The number of nitrogens with zero attached hydrogens (tertiary/aromatic N) is 3. The van der Waals surface area contributed by atoms with E-state index in [2.05, 4.69) is 44.6 Å². The summed E-state index contributed by atoms with van der Waals surface area (Å²) < 4.78 is 37.7. The van der Waals surface area contributed by atoms with Crippen molar-refractivity contribution in [1.29, 1.82) is 0 Å². The van der Waals surface area contributed by atoms with Crippen molar-refractivity contribution >= 4 is 22.5 Å². The lowest BCUT2D eigenvalue weighted by molar-refractivity contribution is -0.140. The molecular formula is C19H24F3N5OS. The molecule has 0 radical (unpaired) electrons. The minimum Gasteiger partial charge on any atom is -0.338 e. The largest absolute Gasteiger partial charge is 0.434 e. The third kappa shape index (κ3) is 6.15. The van der Waals surface area contributed by atoms with Crippen LogP contribution in [0, 0.1) is 0 Å². The Labute approximate surface area is 171 Å². The Kier molecular flexibility index (Phi) is 7.09. The minimum atomic E-state index is -4.51. The molecule has 158 valence electrons. The average molecular weight is 427 g/mol. The fourth-order valence-corrected chi connectivity index (χ4v) is 4.02. The van der Waals surface area contributed by atoms with E-state index in [-0.39, 0.29) is 5.13 Å². The number of piperazine rings is 1. The molecule has 1 aromatic heterocycles. The van der Waals surface area contributed by atoms with Crippen LogP contribution in [0.1, 0.15) is 23.7 Å². The van der Waals surface area contributed by atoms with Crippen LogP contribution in [-0.4, -0.2) is 60.6 Å². The Hall–Kier alpha value is -2.17. The smallest absolute Gasteiger partial charge is 0.338 e. The van der Waals surface area contributed by atoms with Crippen LogP contribution in [0.5, 0.6) is 0 Å². The number of aromatic nitrogens is 1. The van der Waals surface area contributed by atoms with Crippen LogP contribution in [-0.2, 0) is 6.18 Å². The zero-order chi connectivity index (χ0) is 20.9. The predicted molar refractivity (Wildman–Crippen MR) is 107 cm³/mol. The molecule has 2 aromatic rings. The second-order valence-electron chi connectivity index (χ2n) is 6.99. The first-order valence-corrected chi connectivity index (χ1v) is 10.3. The lowest BCUT2D eigenvalue weighted by Crippen LogP contribution is -2.47. The Balaban J connectivity index is 1.44. The van der Waals surface area contributed by atoms with Crippen LogP contribution in [0.2, 0.25) is 0 Å². The second kappa shape index (κ2) is 9.55. The second-order valence-corrected chi connectivity index (χ2v) is 7.85. The van der Waals surface area contributed by atoms with Gasteiger partial charge in [0.2, 0.25) is 0 Å². The molecule has 10 heteroatoms. The minimum absolute atomic E-state index is 0.0713. The van der Waals surface area contributed by atoms with E-state index < -0.39 is 17.9 Å². The summed E-state index contributed by atoms with van der Waals surface area (Å²) in [6.07, 6.45) is -3.77. The van der Waals surface area contributed by atoms with Crippen molar-refractivity contribution in [2.45, 2.75) is 18.6 Å². The molecule has 3 rings (SSSR count).